The Labute approximate surface area is 54.8 Å². The van der Waals surface area contributed by atoms with Crippen LogP contribution in [-0.2, 0) is 0 Å². The van der Waals surface area contributed by atoms with Gasteiger partial charge in [-0.1, -0.05) is 6.42 Å². The maximum atomic E-state index is 12.9. The summed E-state index contributed by atoms with van der Waals surface area (Å²) in [6.07, 6.45) is 5.62. The van der Waals surface area contributed by atoms with Crippen molar-refractivity contribution in [2.75, 3.05) is 0 Å². The fraction of sp³-hybridized carbons (Fsp3) is 1.00. The second-order valence-electron chi connectivity index (χ2n) is 3.16. The number of fused-ring (bicyclic) bond motifs is 2. The third-order valence-electron chi connectivity index (χ3n) is 2.61. The summed E-state index contributed by atoms with van der Waals surface area (Å²) >= 11 is 0. The lowest BCUT2D eigenvalue weighted by Crippen LogP contribution is -2.32. The van der Waals surface area contributed by atoms with E-state index >= 15 is 0 Å². The molecule has 0 amide bonds. The minimum absolute atomic E-state index is 0.295. The average Bonchev–Trinajstić information content (AvgIpc) is 2.19. The zero-order valence-corrected chi connectivity index (χ0v) is 5.52. The summed E-state index contributed by atoms with van der Waals surface area (Å²) in [7, 11) is 0. The van der Waals surface area contributed by atoms with Crippen molar-refractivity contribution in [1.29, 1.82) is 0 Å². The highest BCUT2D eigenvalue weighted by Crippen LogP contribution is 2.35. The van der Waals surface area contributed by atoms with Crippen molar-refractivity contribution < 1.29 is 4.48 Å². The molecule has 0 N–H and O–H groups in total. The Morgan fingerprint density at radius 1 is 1.00 bits per heavy atom. The van der Waals surface area contributed by atoms with Crippen LogP contribution in [0.15, 0.2) is 0 Å². The molecular weight excluding hydrogens is 117 g/mol. The normalized spacial score (nSPS) is 43.7. The molecule has 2 heterocycles. The van der Waals surface area contributed by atoms with E-state index in [2.05, 4.69) is 0 Å². The third kappa shape index (κ3) is 0.767. The highest BCUT2D eigenvalue weighted by molar-refractivity contribution is 4.86. The van der Waals surface area contributed by atoms with Gasteiger partial charge in [-0.2, -0.15) is 0 Å². The van der Waals surface area contributed by atoms with Crippen LogP contribution in [0.25, 0.3) is 0 Å². The number of rotatable bonds is 0. The van der Waals surface area contributed by atoms with Gasteiger partial charge in [0.25, 0.3) is 0 Å². The Hall–Kier alpha value is -0.110. The summed E-state index contributed by atoms with van der Waals surface area (Å²) in [6, 6.07) is 0.590. The second kappa shape index (κ2) is 1.94. The highest BCUT2D eigenvalue weighted by Gasteiger charge is 2.36. The van der Waals surface area contributed by atoms with Crippen LogP contribution in [0.3, 0.4) is 0 Å². The van der Waals surface area contributed by atoms with E-state index in [4.69, 9.17) is 0 Å². The second-order valence-corrected chi connectivity index (χ2v) is 3.16. The van der Waals surface area contributed by atoms with E-state index in [-0.39, 0.29) is 0 Å². The molecule has 0 radical (unpaired) electrons. The molecule has 0 aliphatic carbocycles. The summed E-state index contributed by atoms with van der Waals surface area (Å²) in [5.41, 5.74) is 0. The first-order valence-electron chi connectivity index (χ1n) is 3.82. The monoisotopic (exact) mass is 129 g/mol. The fourth-order valence-corrected chi connectivity index (χ4v) is 2.05. The van der Waals surface area contributed by atoms with Gasteiger partial charge in [-0.25, -0.2) is 0 Å². The van der Waals surface area contributed by atoms with Gasteiger partial charge in [-0.05, 0) is 25.7 Å². The molecule has 52 valence electrons. The summed E-state index contributed by atoms with van der Waals surface area (Å²) in [6.45, 7) is 0. The van der Waals surface area contributed by atoms with Crippen molar-refractivity contribution in [2.24, 2.45) is 0 Å². The van der Waals surface area contributed by atoms with Crippen LogP contribution >= 0.6 is 0 Å². The number of piperidine rings is 1. The van der Waals surface area contributed by atoms with Crippen LogP contribution < -0.4 is 0 Å². The summed E-state index contributed by atoms with van der Waals surface area (Å²) in [5, 5.41) is 1.09. The van der Waals surface area contributed by atoms with E-state index in [1.165, 1.54) is 6.42 Å². The Morgan fingerprint density at radius 2 is 1.56 bits per heavy atom. The molecule has 0 aromatic rings. The Bertz CT molecular complexity index is 99.5. The van der Waals surface area contributed by atoms with Gasteiger partial charge in [0.05, 0.1) is 0 Å². The van der Waals surface area contributed by atoms with Gasteiger partial charge in [-0.15, -0.1) is 9.60 Å². The van der Waals surface area contributed by atoms with Crippen LogP contribution in [0, 0.1) is 0 Å². The van der Waals surface area contributed by atoms with Gasteiger partial charge in [0.15, 0.2) is 0 Å². The van der Waals surface area contributed by atoms with Crippen LogP contribution in [0.2, 0.25) is 0 Å². The van der Waals surface area contributed by atoms with E-state index in [1.54, 1.807) is 0 Å². The number of hydrogen-bond donors (Lipinski definition) is 0. The van der Waals surface area contributed by atoms with Crippen LogP contribution in [0.1, 0.15) is 32.1 Å². The predicted octanol–water partition coefficient (Wildman–Crippen LogP) is 1.89. The molecule has 2 unspecified atom stereocenters. The minimum atomic E-state index is 0.295. The summed E-state index contributed by atoms with van der Waals surface area (Å²) in [4.78, 5) is 0. The van der Waals surface area contributed by atoms with E-state index in [1.807, 2.05) is 0 Å². The van der Waals surface area contributed by atoms with Crippen molar-refractivity contribution in [3.63, 3.8) is 0 Å². The van der Waals surface area contributed by atoms with Gasteiger partial charge in [0.2, 0.25) is 0 Å². The fourth-order valence-electron chi connectivity index (χ4n) is 2.05. The number of halogens is 1. The smallest absolute Gasteiger partial charge is 0.0406 e. The topological polar surface area (TPSA) is 3.24 Å². The zero-order valence-electron chi connectivity index (χ0n) is 5.52. The Balaban J connectivity index is 2.10. The van der Waals surface area contributed by atoms with Gasteiger partial charge in [0.1, 0.15) is 0 Å². The van der Waals surface area contributed by atoms with Crippen LogP contribution in [-0.4, -0.2) is 17.2 Å². The van der Waals surface area contributed by atoms with Crippen LogP contribution in [0.5, 0.6) is 0 Å². The third-order valence-corrected chi connectivity index (χ3v) is 2.61. The van der Waals surface area contributed by atoms with Gasteiger partial charge < -0.3 is 0 Å². The Kier molecular flexibility index (Phi) is 1.22. The molecule has 2 atom stereocenters. The molecule has 2 aliphatic heterocycles. The molecule has 2 fully saturated rings. The lowest BCUT2D eigenvalue weighted by atomic mass is 10.1. The first kappa shape index (κ1) is 5.66. The van der Waals surface area contributed by atoms with Crippen molar-refractivity contribution >= 4 is 0 Å². The quantitative estimate of drug-likeness (QED) is 0.451. The maximum Gasteiger partial charge on any atom is 0.0406 e. The summed E-state index contributed by atoms with van der Waals surface area (Å²) < 4.78 is 12.9. The highest BCUT2D eigenvalue weighted by atomic mass is 19.2. The maximum absolute atomic E-state index is 12.9. The lowest BCUT2D eigenvalue weighted by molar-refractivity contribution is -0.0524. The van der Waals surface area contributed by atoms with Crippen molar-refractivity contribution in [3.05, 3.63) is 0 Å². The molecule has 2 saturated heterocycles. The molecular formula is C7H12FN. The number of hydrogen-bond acceptors (Lipinski definition) is 1. The molecule has 2 rings (SSSR count). The molecule has 2 aliphatic rings. The zero-order chi connectivity index (χ0) is 6.27. The lowest BCUT2D eigenvalue weighted by Gasteiger charge is -2.25. The first-order chi connectivity index (χ1) is 4.38. The average molecular weight is 129 g/mol. The minimum Gasteiger partial charge on any atom is -0.140 e. The Morgan fingerprint density at radius 3 is 2.00 bits per heavy atom. The predicted molar refractivity (Wildman–Crippen MR) is 33.6 cm³/mol. The summed E-state index contributed by atoms with van der Waals surface area (Å²) in [5.74, 6) is 0. The van der Waals surface area contributed by atoms with Crippen molar-refractivity contribution in [3.8, 4) is 0 Å². The molecule has 9 heavy (non-hydrogen) atoms. The van der Waals surface area contributed by atoms with E-state index < -0.39 is 0 Å². The molecule has 2 heteroatoms. The SMILES string of the molecule is FN1C2CCCC1CC2. The number of nitrogens with zero attached hydrogens (tertiary/aromatic N) is 1. The van der Waals surface area contributed by atoms with Gasteiger partial charge >= 0.3 is 0 Å². The van der Waals surface area contributed by atoms with E-state index in [0.29, 0.717) is 12.1 Å². The molecule has 0 saturated carbocycles. The first-order valence-corrected chi connectivity index (χ1v) is 3.82. The molecule has 0 aromatic carbocycles. The molecule has 0 aromatic heterocycles. The molecule has 2 bridgehead atoms. The van der Waals surface area contributed by atoms with E-state index in [9.17, 15) is 4.48 Å². The standard InChI is InChI=1S/C7H12FN/c8-9-6-2-1-3-7(9)5-4-6/h6-7H,1-5H2. The van der Waals surface area contributed by atoms with Crippen molar-refractivity contribution in [1.82, 2.24) is 5.12 Å². The largest absolute Gasteiger partial charge is 0.140 e. The van der Waals surface area contributed by atoms with Crippen LogP contribution in [0.4, 0.5) is 4.48 Å². The molecule has 1 nitrogen and oxygen atoms in total. The van der Waals surface area contributed by atoms with Gasteiger partial charge in [-0.3, -0.25) is 0 Å². The van der Waals surface area contributed by atoms with Crippen molar-refractivity contribution in [2.45, 2.75) is 44.2 Å². The van der Waals surface area contributed by atoms with Gasteiger partial charge in [0, 0.05) is 12.1 Å². The van der Waals surface area contributed by atoms with E-state index in [0.717, 1.165) is 30.8 Å². The molecule has 0 spiro atoms.